The molecule has 3 rings (SSSR count). The van der Waals surface area contributed by atoms with Crippen LogP contribution in [0.5, 0.6) is 0 Å². The Morgan fingerprint density at radius 1 is 0.960 bits per heavy atom. The van der Waals surface area contributed by atoms with Gasteiger partial charge in [-0.15, -0.1) is 0 Å². The standard InChI is InChI=1S/C21H27N3O/c1-3-15-5-7-17(8-6-15)13-22-21(25)19-14-23-24-20(19)18-11-9-16(4-2)10-12-18/h5-12,19-20,23-24H,3-4,13-14H2,1-2H3,(H,22,25). The van der Waals surface area contributed by atoms with E-state index >= 15 is 0 Å². The Bertz CT molecular complexity index is 694. The second-order valence-electron chi connectivity index (χ2n) is 6.59. The van der Waals surface area contributed by atoms with Crippen LogP contribution in [0.3, 0.4) is 0 Å². The van der Waals surface area contributed by atoms with Crippen molar-refractivity contribution in [2.75, 3.05) is 6.54 Å². The molecule has 0 aliphatic carbocycles. The fraction of sp³-hybridized carbons (Fsp3) is 0.381. The predicted molar refractivity (Wildman–Crippen MR) is 101 cm³/mol. The normalized spacial score (nSPS) is 19.8. The van der Waals surface area contributed by atoms with Crippen molar-refractivity contribution in [1.29, 1.82) is 0 Å². The van der Waals surface area contributed by atoms with Crippen molar-refractivity contribution < 1.29 is 4.79 Å². The Morgan fingerprint density at radius 3 is 2.12 bits per heavy atom. The summed E-state index contributed by atoms with van der Waals surface area (Å²) in [6.45, 7) is 5.50. The second-order valence-corrected chi connectivity index (χ2v) is 6.59. The summed E-state index contributed by atoms with van der Waals surface area (Å²) in [5, 5.41) is 3.08. The molecule has 25 heavy (non-hydrogen) atoms. The van der Waals surface area contributed by atoms with Crippen LogP contribution < -0.4 is 16.2 Å². The average molecular weight is 337 g/mol. The number of aryl methyl sites for hydroxylation is 2. The van der Waals surface area contributed by atoms with Gasteiger partial charge in [0, 0.05) is 13.1 Å². The molecule has 0 saturated carbocycles. The average Bonchev–Trinajstić information content (AvgIpc) is 3.16. The minimum atomic E-state index is -0.109. The third-order valence-corrected chi connectivity index (χ3v) is 4.96. The predicted octanol–water partition coefficient (Wildman–Crippen LogP) is 2.89. The van der Waals surface area contributed by atoms with Crippen LogP contribution in [0.2, 0.25) is 0 Å². The van der Waals surface area contributed by atoms with E-state index in [1.807, 2.05) is 0 Å². The minimum absolute atomic E-state index is 0.00775. The van der Waals surface area contributed by atoms with Gasteiger partial charge in [-0.2, -0.15) is 0 Å². The van der Waals surface area contributed by atoms with Crippen LogP contribution in [0, 0.1) is 5.92 Å². The zero-order valence-electron chi connectivity index (χ0n) is 15.0. The number of nitrogens with one attached hydrogen (secondary N) is 3. The maximum absolute atomic E-state index is 12.7. The van der Waals surface area contributed by atoms with Gasteiger partial charge in [0.05, 0.1) is 12.0 Å². The molecule has 4 nitrogen and oxygen atoms in total. The van der Waals surface area contributed by atoms with Crippen molar-refractivity contribution in [3.05, 3.63) is 70.8 Å². The van der Waals surface area contributed by atoms with Gasteiger partial charge in [-0.1, -0.05) is 62.4 Å². The first kappa shape index (κ1) is 17.6. The first-order valence-corrected chi connectivity index (χ1v) is 9.14. The van der Waals surface area contributed by atoms with Crippen LogP contribution in [0.4, 0.5) is 0 Å². The van der Waals surface area contributed by atoms with Gasteiger partial charge in [-0.05, 0) is 35.1 Å². The van der Waals surface area contributed by atoms with Crippen molar-refractivity contribution >= 4 is 5.91 Å². The Morgan fingerprint density at radius 2 is 1.52 bits per heavy atom. The molecule has 2 aromatic carbocycles. The van der Waals surface area contributed by atoms with Gasteiger partial charge in [0.25, 0.3) is 0 Å². The number of rotatable bonds is 6. The number of hydrogen-bond acceptors (Lipinski definition) is 3. The van der Waals surface area contributed by atoms with Gasteiger partial charge in [-0.25, -0.2) is 5.43 Å². The van der Waals surface area contributed by atoms with E-state index < -0.39 is 0 Å². The van der Waals surface area contributed by atoms with Crippen LogP contribution in [0.15, 0.2) is 48.5 Å². The molecule has 0 aromatic heterocycles. The van der Waals surface area contributed by atoms with Crippen molar-refractivity contribution in [1.82, 2.24) is 16.2 Å². The molecule has 132 valence electrons. The highest BCUT2D eigenvalue weighted by Crippen LogP contribution is 2.25. The van der Waals surface area contributed by atoms with Crippen molar-refractivity contribution in [2.24, 2.45) is 5.92 Å². The number of benzene rings is 2. The molecule has 2 aromatic rings. The molecule has 1 saturated heterocycles. The topological polar surface area (TPSA) is 53.2 Å². The summed E-state index contributed by atoms with van der Waals surface area (Å²) in [5.74, 6) is -0.0240. The van der Waals surface area contributed by atoms with Gasteiger partial charge in [0.1, 0.15) is 0 Å². The number of amides is 1. The first-order valence-electron chi connectivity index (χ1n) is 9.14. The number of hydrogen-bond donors (Lipinski definition) is 3. The van der Waals surface area contributed by atoms with Gasteiger partial charge >= 0.3 is 0 Å². The molecule has 3 N–H and O–H groups in total. The van der Waals surface area contributed by atoms with E-state index in [9.17, 15) is 4.79 Å². The van der Waals surface area contributed by atoms with Gasteiger partial charge in [0.2, 0.25) is 5.91 Å². The monoisotopic (exact) mass is 337 g/mol. The Labute approximate surface area is 150 Å². The fourth-order valence-corrected chi connectivity index (χ4v) is 3.23. The third-order valence-electron chi connectivity index (χ3n) is 4.96. The molecule has 1 heterocycles. The summed E-state index contributed by atoms with van der Waals surface area (Å²) < 4.78 is 0. The zero-order valence-corrected chi connectivity index (χ0v) is 15.0. The largest absolute Gasteiger partial charge is 0.352 e. The van der Waals surface area contributed by atoms with Crippen molar-refractivity contribution in [2.45, 2.75) is 39.3 Å². The van der Waals surface area contributed by atoms with Crippen LogP contribution in [-0.2, 0) is 24.2 Å². The molecule has 1 fully saturated rings. The molecule has 2 atom stereocenters. The second kappa shape index (κ2) is 8.28. The maximum atomic E-state index is 12.7. The number of hydrazine groups is 1. The van der Waals surface area contributed by atoms with E-state index in [1.165, 1.54) is 11.1 Å². The van der Waals surface area contributed by atoms with E-state index in [-0.39, 0.29) is 17.9 Å². The summed E-state index contributed by atoms with van der Waals surface area (Å²) in [6.07, 6.45) is 2.06. The molecule has 0 spiro atoms. The van der Waals surface area contributed by atoms with E-state index in [0.717, 1.165) is 24.0 Å². The molecule has 4 heteroatoms. The molecule has 1 amide bonds. The van der Waals surface area contributed by atoms with Crippen LogP contribution in [-0.4, -0.2) is 12.5 Å². The fourth-order valence-electron chi connectivity index (χ4n) is 3.23. The van der Waals surface area contributed by atoms with Crippen molar-refractivity contribution in [3.63, 3.8) is 0 Å². The summed E-state index contributed by atoms with van der Waals surface area (Å²) >= 11 is 0. The first-order chi connectivity index (χ1) is 12.2. The Kier molecular flexibility index (Phi) is 5.84. The van der Waals surface area contributed by atoms with E-state index in [4.69, 9.17) is 0 Å². The summed E-state index contributed by atoms with van der Waals surface area (Å²) in [4.78, 5) is 12.7. The molecule has 1 aliphatic rings. The van der Waals surface area contributed by atoms with Crippen molar-refractivity contribution in [3.8, 4) is 0 Å². The summed E-state index contributed by atoms with van der Waals surface area (Å²) in [6, 6.07) is 16.9. The van der Waals surface area contributed by atoms with Gasteiger partial charge in [0.15, 0.2) is 0 Å². The van der Waals surface area contributed by atoms with Gasteiger partial charge < -0.3 is 5.32 Å². The quantitative estimate of drug-likeness (QED) is 0.760. The highest BCUT2D eigenvalue weighted by atomic mass is 16.2. The summed E-state index contributed by atoms with van der Waals surface area (Å²) in [5.41, 5.74) is 11.3. The van der Waals surface area contributed by atoms with Gasteiger partial charge in [-0.3, -0.25) is 10.2 Å². The lowest BCUT2D eigenvalue weighted by Gasteiger charge is -2.19. The zero-order chi connectivity index (χ0) is 17.6. The lowest BCUT2D eigenvalue weighted by molar-refractivity contribution is -0.125. The SMILES string of the molecule is CCc1ccc(CNC(=O)C2CNNC2c2ccc(CC)cc2)cc1. The molecular formula is C21H27N3O. The summed E-state index contributed by atoms with van der Waals surface area (Å²) in [7, 11) is 0. The Hall–Kier alpha value is -2.17. The lowest BCUT2D eigenvalue weighted by atomic mass is 9.93. The van der Waals surface area contributed by atoms with E-state index in [1.54, 1.807) is 0 Å². The van der Waals surface area contributed by atoms with E-state index in [2.05, 4.69) is 78.5 Å². The minimum Gasteiger partial charge on any atom is -0.352 e. The maximum Gasteiger partial charge on any atom is 0.226 e. The van der Waals surface area contributed by atoms with Crippen LogP contribution in [0.25, 0.3) is 0 Å². The third kappa shape index (κ3) is 4.27. The molecular weight excluding hydrogens is 310 g/mol. The molecule has 1 aliphatic heterocycles. The number of carbonyl (C=O) groups excluding carboxylic acids is 1. The number of carbonyl (C=O) groups is 1. The van der Waals surface area contributed by atoms with Crippen LogP contribution >= 0.6 is 0 Å². The Balaban J connectivity index is 1.61. The molecule has 0 bridgehead atoms. The van der Waals surface area contributed by atoms with Crippen LogP contribution in [0.1, 0.15) is 42.1 Å². The highest BCUT2D eigenvalue weighted by Gasteiger charge is 2.33. The molecule has 2 unspecified atom stereocenters. The highest BCUT2D eigenvalue weighted by molar-refractivity contribution is 5.80. The molecule has 0 radical (unpaired) electrons. The lowest BCUT2D eigenvalue weighted by Crippen LogP contribution is -2.34. The van der Waals surface area contributed by atoms with E-state index in [0.29, 0.717) is 13.1 Å². The smallest absolute Gasteiger partial charge is 0.226 e.